The SMILES string of the molecule is CCC(Nc1ccc(CS(N)(=O)=O)cc1)C(=O)OC. The van der Waals surface area contributed by atoms with E-state index in [1.54, 1.807) is 24.3 Å². The second-order valence-corrected chi connectivity index (χ2v) is 5.75. The van der Waals surface area contributed by atoms with E-state index in [4.69, 9.17) is 5.14 Å². The predicted octanol–water partition coefficient (Wildman–Crippen LogP) is 0.839. The first-order valence-electron chi connectivity index (χ1n) is 5.79. The first kappa shape index (κ1) is 15.5. The lowest BCUT2D eigenvalue weighted by Gasteiger charge is -2.15. The van der Waals surface area contributed by atoms with Crippen LogP contribution in [-0.4, -0.2) is 27.5 Å². The summed E-state index contributed by atoms with van der Waals surface area (Å²) in [7, 11) is -2.19. The Morgan fingerprint density at radius 3 is 2.37 bits per heavy atom. The van der Waals surface area contributed by atoms with Gasteiger partial charge in [0.2, 0.25) is 10.0 Å². The summed E-state index contributed by atoms with van der Waals surface area (Å²) in [5.74, 6) is -0.544. The molecule has 0 aromatic heterocycles. The minimum Gasteiger partial charge on any atom is -0.467 e. The van der Waals surface area contributed by atoms with Crippen LogP contribution in [-0.2, 0) is 25.3 Å². The first-order chi connectivity index (χ1) is 8.85. The molecule has 3 N–H and O–H groups in total. The molecule has 0 saturated carbocycles. The Hall–Kier alpha value is -1.60. The number of primary sulfonamides is 1. The molecule has 0 aliphatic heterocycles. The topological polar surface area (TPSA) is 98.5 Å². The van der Waals surface area contributed by atoms with Gasteiger partial charge in [-0.1, -0.05) is 19.1 Å². The van der Waals surface area contributed by atoms with E-state index in [1.807, 2.05) is 6.92 Å². The number of rotatable bonds is 6. The molecule has 0 heterocycles. The highest BCUT2D eigenvalue weighted by Crippen LogP contribution is 2.13. The third-order valence-electron chi connectivity index (χ3n) is 2.56. The Balaban J connectivity index is 2.73. The molecule has 7 heteroatoms. The zero-order valence-electron chi connectivity index (χ0n) is 10.9. The van der Waals surface area contributed by atoms with Crippen molar-refractivity contribution in [1.82, 2.24) is 0 Å². The Labute approximate surface area is 113 Å². The van der Waals surface area contributed by atoms with E-state index in [2.05, 4.69) is 10.1 Å². The van der Waals surface area contributed by atoms with Crippen LogP contribution in [0.1, 0.15) is 18.9 Å². The van der Waals surface area contributed by atoms with E-state index in [1.165, 1.54) is 7.11 Å². The van der Waals surface area contributed by atoms with E-state index >= 15 is 0 Å². The molecular weight excluding hydrogens is 268 g/mol. The Morgan fingerprint density at radius 1 is 1.37 bits per heavy atom. The summed E-state index contributed by atoms with van der Waals surface area (Å²) in [4.78, 5) is 11.4. The van der Waals surface area contributed by atoms with Crippen molar-refractivity contribution in [2.24, 2.45) is 5.14 Å². The van der Waals surface area contributed by atoms with Gasteiger partial charge in [-0.25, -0.2) is 18.4 Å². The second-order valence-electron chi connectivity index (χ2n) is 4.13. The normalized spacial score (nSPS) is 12.8. The van der Waals surface area contributed by atoms with Crippen LogP contribution in [0.4, 0.5) is 5.69 Å². The van der Waals surface area contributed by atoms with Crippen molar-refractivity contribution in [2.75, 3.05) is 12.4 Å². The second kappa shape index (κ2) is 6.53. The maximum absolute atomic E-state index is 11.4. The largest absolute Gasteiger partial charge is 0.467 e. The Kier molecular flexibility index (Phi) is 5.31. The smallest absolute Gasteiger partial charge is 0.328 e. The fourth-order valence-electron chi connectivity index (χ4n) is 1.60. The Bertz CT molecular complexity index is 525. The molecule has 0 aliphatic rings. The van der Waals surface area contributed by atoms with E-state index in [9.17, 15) is 13.2 Å². The molecule has 0 saturated heterocycles. The lowest BCUT2D eigenvalue weighted by Crippen LogP contribution is -2.29. The fraction of sp³-hybridized carbons (Fsp3) is 0.417. The van der Waals surface area contributed by atoms with Crippen molar-refractivity contribution in [1.29, 1.82) is 0 Å². The lowest BCUT2D eigenvalue weighted by atomic mass is 10.2. The van der Waals surface area contributed by atoms with Crippen molar-refractivity contribution in [3.8, 4) is 0 Å². The molecule has 0 bridgehead atoms. The summed E-state index contributed by atoms with van der Waals surface area (Å²) in [5, 5.41) is 7.98. The molecule has 0 aliphatic carbocycles. The van der Waals surface area contributed by atoms with Crippen molar-refractivity contribution >= 4 is 21.7 Å². The van der Waals surface area contributed by atoms with Crippen LogP contribution in [0.3, 0.4) is 0 Å². The van der Waals surface area contributed by atoms with Gasteiger partial charge < -0.3 is 10.1 Å². The number of nitrogens with one attached hydrogen (secondary N) is 1. The highest BCUT2D eigenvalue weighted by atomic mass is 32.2. The molecule has 1 rings (SSSR count). The summed E-state index contributed by atoms with van der Waals surface area (Å²) in [5.41, 5.74) is 1.31. The van der Waals surface area contributed by atoms with Crippen LogP contribution < -0.4 is 10.5 Å². The molecule has 6 nitrogen and oxygen atoms in total. The van der Waals surface area contributed by atoms with Crippen LogP contribution in [0.5, 0.6) is 0 Å². The third kappa shape index (κ3) is 5.27. The number of anilines is 1. The monoisotopic (exact) mass is 286 g/mol. The quantitative estimate of drug-likeness (QED) is 0.755. The van der Waals surface area contributed by atoms with Gasteiger partial charge in [-0.3, -0.25) is 0 Å². The number of esters is 1. The van der Waals surface area contributed by atoms with Gasteiger partial charge in [-0.15, -0.1) is 0 Å². The summed E-state index contributed by atoms with van der Waals surface area (Å²) in [6, 6.07) is 6.28. The number of sulfonamides is 1. The summed E-state index contributed by atoms with van der Waals surface area (Å²) in [6.45, 7) is 1.87. The van der Waals surface area contributed by atoms with Gasteiger partial charge in [-0.05, 0) is 24.1 Å². The molecule has 1 unspecified atom stereocenters. The maximum atomic E-state index is 11.4. The minimum atomic E-state index is -3.53. The molecule has 0 amide bonds. The van der Waals surface area contributed by atoms with Crippen molar-refractivity contribution < 1.29 is 17.9 Å². The summed E-state index contributed by atoms with van der Waals surface area (Å²) in [6.07, 6.45) is 0.589. The number of ether oxygens (including phenoxy) is 1. The molecule has 0 fully saturated rings. The molecule has 106 valence electrons. The van der Waals surface area contributed by atoms with Crippen LogP contribution in [0, 0.1) is 0 Å². The highest BCUT2D eigenvalue weighted by Gasteiger charge is 2.16. The van der Waals surface area contributed by atoms with Crippen LogP contribution >= 0.6 is 0 Å². The number of methoxy groups -OCH3 is 1. The molecule has 0 radical (unpaired) electrons. The van der Waals surface area contributed by atoms with E-state index < -0.39 is 16.1 Å². The minimum absolute atomic E-state index is 0.207. The van der Waals surface area contributed by atoms with Gasteiger partial charge in [0.05, 0.1) is 12.9 Å². The number of carbonyl (C=O) groups is 1. The zero-order chi connectivity index (χ0) is 14.5. The van der Waals surface area contributed by atoms with Gasteiger partial charge in [-0.2, -0.15) is 0 Å². The Morgan fingerprint density at radius 2 is 1.95 bits per heavy atom. The summed E-state index contributed by atoms with van der Waals surface area (Å²) >= 11 is 0. The molecule has 1 aromatic rings. The van der Waals surface area contributed by atoms with E-state index in [-0.39, 0.29) is 11.7 Å². The van der Waals surface area contributed by atoms with Gasteiger partial charge in [0.25, 0.3) is 0 Å². The number of hydrogen-bond donors (Lipinski definition) is 2. The zero-order valence-corrected chi connectivity index (χ0v) is 11.7. The molecule has 1 aromatic carbocycles. The number of benzene rings is 1. The van der Waals surface area contributed by atoms with Crippen LogP contribution in [0.2, 0.25) is 0 Å². The molecular formula is C12H18N2O4S. The maximum Gasteiger partial charge on any atom is 0.328 e. The highest BCUT2D eigenvalue weighted by molar-refractivity contribution is 7.88. The summed E-state index contributed by atoms with van der Waals surface area (Å²) < 4.78 is 26.5. The average molecular weight is 286 g/mol. The van der Waals surface area contributed by atoms with E-state index in [0.29, 0.717) is 12.0 Å². The molecule has 0 spiro atoms. The van der Waals surface area contributed by atoms with Crippen molar-refractivity contribution in [2.45, 2.75) is 25.1 Å². The van der Waals surface area contributed by atoms with Gasteiger partial charge in [0.15, 0.2) is 0 Å². The van der Waals surface area contributed by atoms with Gasteiger partial charge in [0, 0.05) is 5.69 Å². The van der Waals surface area contributed by atoms with Gasteiger partial charge >= 0.3 is 5.97 Å². The van der Waals surface area contributed by atoms with Crippen LogP contribution in [0.15, 0.2) is 24.3 Å². The fourth-order valence-corrected chi connectivity index (χ4v) is 2.26. The average Bonchev–Trinajstić information content (AvgIpc) is 2.35. The van der Waals surface area contributed by atoms with E-state index in [0.717, 1.165) is 5.69 Å². The number of hydrogen-bond acceptors (Lipinski definition) is 5. The van der Waals surface area contributed by atoms with Crippen LogP contribution in [0.25, 0.3) is 0 Å². The third-order valence-corrected chi connectivity index (χ3v) is 3.29. The number of carbonyl (C=O) groups excluding carboxylic acids is 1. The van der Waals surface area contributed by atoms with Crippen molar-refractivity contribution in [3.63, 3.8) is 0 Å². The first-order valence-corrected chi connectivity index (χ1v) is 7.51. The molecule has 1 atom stereocenters. The number of nitrogens with two attached hydrogens (primary N) is 1. The molecule has 19 heavy (non-hydrogen) atoms. The predicted molar refractivity (Wildman–Crippen MR) is 73.0 cm³/mol. The standard InChI is InChI=1S/C12H18N2O4S/c1-3-11(12(15)18-2)14-10-6-4-9(5-7-10)8-19(13,16)17/h4-7,11,14H,3,8H2,1-2H3,(H2,13,16,17). The van der Waals surface area contributed by atoms with Crippen molar-refractivity contribution in [3.05, 3.63) is 29.8 Å². The van der Waals surface area contributed by atoms with Gasteiger partial charge in [0.1, 0.15) is 6.04 Å². The lowest BCUT2D eigenvalue weighted by molar-refractivity contribution is -0.141.